The molecule has 4 rings (SSSR count). The van der Waals surface area contributed by atoms with Crippen LogP contribution in [0.2, 0.25) is 0 Å². The molecule has 1 nitrogen and oxygen atoms in total. The van der Waals surface area contributed by atoms with Gasteiger partial charge in [-0.25, -0.2) is 0 Å². The van der Waals surface area contributed by atoms with Gasteiger partial charge in [0.25, 0.3) is 0 Å². The molecule has 0 aromatic carbocycles. The Kier molecular flexibility index (Phi) is 3.30. The van der Waals surface area contributed by atoms with Crippen molar-refractivity contribution in [3.05, 3.63) is 11.6 Å². The van der Waals surface area contributed by atoms with Crippen molar-refractivity contribution in [1.29, 1.82) is 0 Å². The summed E-state index contributed by atoms with van der Waals surface area (Å²) in [4.78, 5) is 0. The highest BCUT2D eigenvalue weighted by Crippen LogP contribution is 2.65. The quantitative estimate of drug-likeness (QED) is 0.666. The number of fused-ring (bicyclic) bond motifs is 5. The molecule has 0 bridgehead atoms. The average molecular weight is 288 g/mol. The molecule has 0 saturated heterocycles. The molecular formula is C20H32O. The minimum atomic E-state index is -0.370. The van der Waals surface area contributed by atoms with Crippen LogP contribution in [-0.4, -0.2) is 10.7 Å². The number of rotatable bonds is 1. The molecule has 21 heavy (non-hydrogen) atoms. The lowest BCUT2D eigenvalue weighted by Crippen LogP contribution is -2.52. The monoisotopic (exact) mass is 288 g/mol. The fourth-order valence-corrected chi connectivity index (χ4v) is 6.99. The maximum absolute atomic E-state index is 11.2. The molecular weight excluding hydrogens is 256 g/mol. The van der Waals surface area contributed by atoms with Gasteiger partial charge in [-0.05, 0) is 93.3 Å². The molecule has 118 valence electrons. The van der Waals surface area contributed by atoms with Crippen molar-refractivity contribution in [2.75, 3.05) is 0 Å². The van der Waals surface area contributed by atoms with E-state index in [0.29, 0.717) is 0 Å². The Balaban J connectivity index is 1.64. The number of hydrogen-bond donors (Lipinski definition) is 1. The van der Waals surface area contributed by atoms with Gasteiger partial charge in [-0.1, -0.05) is 25.5 Å². The van der Waals surface area contributed by atoms with E-state index < -0.39 is 0 Å². The topological polar surface area (TPSA) is 20.2 Å². The Bertz CT molecular complexity index is 453. The van der Waals surface area contributed by atoms with Crippen molar-refractivity contribution >= 4 is 0 Å². The van der Waals surface area contributed by atoms with Crippen LogP contribution in [-0.2, 0) is 0 Å². The van der Waals surface area contributed by atoms with E-state index in [0.717, 1.165) is 36.5 Å². The zero-order chi connectivity index (χ0) is 14.7. The van der Waals surface area contributed by atoms with Crippen LogP contribution in [0.4, 0.5) is 0 Å². The summed E-state index contributed by atoms with van der Waals surface area (Å²) in [5, 5.41) is 11.2. The summed E-state index contributed by atoms with van der Waals surface area (Å²) in [7, 11) is 0. The van der Waals surface area contributed by atoms with Crippen LogP contribution in [0.15, 0.2) is 11.6 Å². The first kappa shape index (κ1) is 14.3. The summed E-state index contributed by atoms with van der Waals surface area (Å²) >= 11 is 0. The Morgan fingerprint density at radius 2 is 2.00 bits per heavy atom. The van der Waals surface area contributed by atoms with Crippen LogP contribution in [0.25, 0.3) is 0 Å². The molecule has 0 amide bonds. The first-order valence-corrected chi connectivity index (χ1v) is 9.50. The van der Waals surface area contributed by atoms with E-state index in [1.165, 1.54) is 51.4 Å². The van der Waals surface area contributed by atoms with Crippen molar-refractivity contribution in [1.82, 2.24) is 0 Å². The minimum absolute atomic E-state index is 0.207. The van der Waals surface area contributed by atoms with Crippen LogP contribution in [0, 0.1) is 29.1 Å². The van der Waals surface area contributed by atoms with Gasteiger partial charge in [0, 0.05) is 0 Å². The Hall–Kier alpha value is -0.300. The molecule has 0 aliphatic heterocycles. The Morgan fingerprint density at radius 1 is 1.14 bits per heavy atom. The van der Waals surface area contributed by atoms with Gasteiger partial charge in [-0.3, -0.25) is 0 Å². The zero-order valence-electron chi connectivity index (χ0n) is 13.9. The molecule has 0 aromatic rings. The first-order chi connectivity index (χ1) is 10.1. The summed E-state index contributed by atoms with van der Waals surface area (Å²) in [6.45, 7) is 4.62. The van der Waals surface area contributed by atoms with Gasteiger partial charge in [0.15, 0.2) is 0 Å². The van der Waals surface area contributed by atoms with Gasteiger partial charge in [-0.2, -0.15) is 0 Å². The van der Waals surface area contributed by atoms with Gasteiger partial charge in [0.1, 0.15) is 0 Å². The standard InChI is InChI=1S/C20H32O/c1-3-20(21)13-11-18-17-9-8-14-6-4-5-7-15(14)16(17)10-12-19(18,20)2/h6,15-18,21H,3-5,7-13H2,1-2H3/t15-,16+,17+,18+,19+,20-/m0/s1. The lowest BCUT2D eigenvalue weighted by atomic mass is 9.50. The third kappa shape index (κ3) is 1.85. The van der Waals surface area contributed by atoms with Crippen molar-refractivity contribution in [2.24, 2.45) is 29.1 Å². The Labute approximate surface area is 130 Å². The molecule has 0 unspecified atom stereocenters. The van der Waals surface area contributed by atoms with E-state index in [4.69, 9.17) is 0 Å². The van der Waals surface area contributed by atoms with Gasteiger partial charge in [-0.15, -0.1) is 0 Å². The lowest BCUT2D eigenvalue weighted by Gasteiger charge is -2.55. The van der Waals surface area contributed by atoms with Crippen LogP contribution < -0.4 is 0 Å². The van der Waals surface area contributed by atoms with Crippen molar-refractivity contribution < 1.29 is 5.11 Å². The Morgan fingerprint density at radius 3 is 2.81 bits per heavy atom. The second-order valence-corrected chi connectivity index (χ2v) is 8.67. The van der Waals surface area contributed by atoms with E-state index in [1.54, 1.807) is 0 Å². The number of hydrogen-bond acceptors (Lipinski definition) is 1. The fourth-order valence-electron chi connectivity index (χ4n) is 6.99. The number of aliphatic hydroxyl groups is 1. The molecule has 6 atom stereocenters. The van der Waals surface area contributed by atoms with Crippen LogP contribution >= 0.6 is 0 Å². The SMILES string of the molecule is CC[C@]1(O)CC[C@@H]2[C@@H]3CCC4=CCCC[C@@H]4[C@H]3CC[C@]21C. The summed E-state index contributed by atoms with van der Waals surface area (Å²) in [6, 6.07) is 0. The van der Waals surface area contributed by atoms with Crippen molar-refractivity contribution in [2.45, 2.75) is 83.7 Å². The molecule has 3 fully saturated rings. The molecule has 3 saturated carbocycles. The molecule has 0 spiro atoms. The predicted octanol–water partition coefficient (Wildman–Crippen LogP) is 5.09. The smallest absolute Gasteiger partial charge is 0.0701 e. The number of allylic oxidation sites excluding steroid dienone is 2. The highest BCUT2D eigenvalue weighted by Gasteiger charge is 2.61. The predicted molar refractivity (Wildman–Crippen MR) is 86.9 cm³/mol. The lowest BCUT2D eigenvalue weighted by molar-refractivity contribution is -0.119. The summed E-state index contributed by atoms with van der Waals surface area (Å²) < 4.78 is 0. The molecule has 1 heteroatoms. The van der Waals surface area contributed by atoms with E-state index >= 15 is 0 Å². The van der Waals surface area contributed by atoms with Crippen molar-refractivity contribution in [3.8, 4) is 0 Å². The average Bonchev–Trinajstić information content (AvgIpc) is 2.79. The van der Waals surface area contributed by atoms with E-state index in [2.05, 4.69) is 19.9 Å². The summed E-state index contributed by atoms with van der Waals surface area (Å²) in [5.41, 5.74) is 1.65. The maximum Gasteiger partial charge on any atom is 0.0701 e. The second-order valence-electron chi connectivity index (χ2n) is 8.67. The normalized spacial score (nSPS) is 52.6. The highest BCUT2D eigenvalue weighted by atomic mass is 16.3. The summed E-state index contributed by atoms with van der Waals surface area (Å²) in [6.07, 6.45) is 15.5. The van der Waals surface area contributed by atoms with Gasteiger partial charge < -0.3 is 5.11 Å². The van der Waals surface area contributed by atoms with Crippen LogP contribution in [0.5, 0.6) is 0 Å². The third-order valence-corrected chi connectivity index (χ3v) is 8.28. The molecule has 4 aliphatic rings. The summed E-state index contributed by atoms with van der Waals surface area (Å²) in [5.74, 6) is 3.56. The van der Waals surface area contributed by atoms with Gasteiger partial charge >= 0.3 is 0 Å². The molecule has 0 aromatic heterocycles. The molecule has 0 radical (unpaired) electrons. The van der Waals surface area contributed by atoms with E-state index in [-0.39, 0.29) is 11.0 Å². The molecule has 4 aliphatic carbocycles. The third-order valence-electron chi connectivity index (χ3n) is 8.28. The van der Waals surface area contributed by atoms with Crippen LogP contribution in [0.3, 0.4) is 0 Å². The second kappa shape index (κ2) is 4.85. The van der Waals surface area contributed by atoms with Gasteiger partial charge in [0.05, 0.1) is 5.60 Å². The highest BCUT2D eigenvalue weighted by molar-refractivity contribution is 5.19. The van der Waals surface area contributed by atoms with Crippen LogP contribution in [0.1, 0.15) is 78.1 Å². The fraction of sp³-hybridized carbons (Fsp3) is 0.900. The minimum Gasteiger partial charge on any atom is -0.389 e. The van der Waals surface area contributed by atoms with E-state index in [9.17, 15) is 5.11 Å². The molecule has 1 N–H and O–H groups in total. The zero-order valence-corrected chi connectivity index (χ0v) is 13.9. The van der Waals surface area contributed by atoms with E-state index in [1.807, 2.05) is 5.57 Å². The molecule has 0 heterocycles. The largest absolute Gasteiger partial charge is 0.389 e. The maximum atomic E-state index is 11.2. The van der Waals surface area contributed by atoms with Crippen molar-refractivity contribution in [3.63, 3.8) is 0 Å². The van der Waals surface area contributed by atoms with Gasteiger partial charge in [0.2, 0.25) is 0 Å². The first-order valence-electron chi connectivity index (χ1n) is 9.50.